The first-order valence-corrected chi connectivity index (χ1v) is 55.3. The molecule has 7 heterocycles. The second kappa shape index (κ2) is 35.5. The zero-order valence-corrected chi connectivity index (χ0v) is 84.8. The molecule has 0 saturated heterocycles. The largest absolute Gasteiger partial charge is 0.455 e. The summed E-state index contributed by atoms with van der Waals surface area (Å²) in [5, 5.41) is 18.2. The van der Waals surface area contributed by atoms with Gasteiger partial charge in [0.25, 0.3) is 0 Å². The van der Waals surface area contributed by atoms with Gasteiger partial charge in [-0.15, -0.1) is 56.7 Å². The summed E-state index contributed by atoms with van der Waals surface area (Å²) < 4.78 is 26.4. The lowest BCUT2D eigenvalue weighted by Crippen LogP contribution is -1.84. The quantitative estimate of drug-likeness (QED) is 0.152. The molecule has 704 valence electrons. The minimum atomic E-state index is 0. The molecule has 23 aromatic carbocycles. The Labute approximate surface area is 886 Å². The third-order valence-electron chi connectivity index (χ3n) is 31.7. The Kier molecular flexibility index (Phi) is 20.9. The van der Waals surface area contributed by atoms with Gasteiger partial charge in [0.15, 0.2) is 0 Å². The lowest BCUT2D eigenvalue weighted by atomic mass is 9.95. The van der Waals surface area contributed by atoms with Crippen LogP contribution in [-0.2, 0) is 25.7 Å². The average molecular weight is 2000 g/mol. The van der Waals surface area contributed by atoms with E-state index in [0.29, 0.717) is 0 Å². The van der Waals surface area contributed by atoms with Gasteiger partial charge in [-0.25, -0.2) is 0 Å². The highest BCUT2D eigenvalue weighted by Gasteiger charge is 2.29. The molecule has 0 fully saturated rings. The Morgan fingerprint density at radius 2 is 0.360 bits per heavy atom. The van der Waals surface area contributed by atoms with Crippen molar-refractivity contribution in [1.29, 1.82) is 0 Å². The Bertz CT molecular complexity index is 10100. The summed E-state index contributed by atoms with van der Waals surface area (Å²) in [5.74, 6) is 0. The van der Waals surface area contributed by atoms with Crippen LogP contribution >= 0.6 is 56.7 Å². The minimum Gasteiger partial charge on any atom is -0.455 e. The van der Waals surface area contributed by atoms with E-state index in [1.54, 1.807) is 0 Å². The molecule has 4 aliphatic rings. The molecule has 0 bridgehead atoms. The molecule has 2 nitrogen and oxygen atoms in total. The van der Waals surface area contributed by atoms with Crippen LogP contribution in [0.4, 0.5) is 0 Å². The highest BCUT2D eigenvalue weighted by atomic mass is 32.1. The van der Waals surface area contributed by atoms with Crippen molar-refractivity contribution in [2.45, 2.75) is 33.1 Å². The molecule has 7 aromatic heterocycles. The molecule has 34 rings (SSSR count). The summed E-state index contributed by atoms with van der Waals surface area (Å²) in [4.78, 5) is 0. The van der Waals surface area contributed by atoms with Crippen LogP contribution in [0.5, 0.6) is 0 Å². The van der Waals surface area contributed by atoms with Gasteiger partial charge in [-0.05, 0) is 259 Å². The Balaban J connectivity index is 0.0000000919. The number of fused-ring (bicyclic) bond motifs is 33. The Morgan fingerprint density at radius 3 is 0.720 bits per heavy atom. The van der Waals surface area contributed by atoms with E-state index in [9.17, 15) is 0 Å². The number of furan rings is 2. The van der Waals surface area contributed by atoms with Crippen LogP contribution < -0.4 is 0 Å². The fourth-order valence-electron chi connectivity index (χ4n) is 24.6. The van der Waals surface area contributed by atoms with E-state index in [2.05, 4.69) is 449 Å². The van der Waals surface area contributed by atoms with Gasteiger partial charge in [0, 0.05) is 134 Å². The van der Waals surface area contributed by atoms with Gasteiger partial charge < -0.3 is 8.83 Å². The van der Waals surface area contributed by atoms with Crippen LogP contribution in [0.2, 0.25) is 0 Å². The van der Waals surface area contributed by atoms with Crippen LogP contribution in [0.25, 0.3) is 278 Å². The molecular weight excluding hydrogens is 1910 g/mol. The van der Waals surface area contributed by atoms with Crippen LogP contribution in [-0.4, -0.2) is 0 Å². The van der Waals surface area contributed by atoms with Crippen molar-refractivity contribution >= 4 is 201 Å². The second-order valence-electron chi connectivity index (χ2n) is 40.0. The normalized spacial score (nSPS) is 12.4. The van der Waals surface area contributed by atoms with Crippen LogP contribution in [0, 0.1) is 0 Å². The maximum atomic E-state index is 6.36. The number of rotatable bonds is 8. The Hall–Kier alpha value is -17.2. The summed E-state index contributed by atoms with van der Waals surface area (Å²) in [5.41, 5.74) is 46.4. The van der Waals surface area contributed by atoms with E-state index in [0.717, 1.165) is 80.7 Å². The van der Waals surface area contributed by atoms with Crippen molar-refractivity contribution < 1.29 is 8.83 Å². The number of benzene rings is 23. The molecule has 0 unspecified atom stereocenters. The monoisotopic (exact) mass is 2000 g/mol. The predicted molar refractivity (Wildman–Crippen MR) is 648 cm³/mol. The number of hydrogen-bond donors (Lipinski definition) is 0. The van der Waals surface area contributed by atoms with Gasteiger partial charge in [0.2, 0.25) is 0 Å². The fraction of sp³-hybridized carbons (Fsp3) is 0.0350. The van der Waals surface area contributed by atoms with E-state index in [4.69, 9.17) is 8.83 Å². The van der Waals surface area contributed by atoms with Crippen LogP contribution in [0.3, 0.4) is 0 Å². The summed E-state index contributed by atoms with van der Waals surface area (Å²) in [6.45, 7) is 0. The molecule has 0 amide bonds. The topological polar surface area (TPSA) is 26.3 Å². The molecule has 0 atom stereocenters. The first kappa shape index (κ1) is 88.1. The maximum absolute atomic E-state index is 6.36. The van der Waals surface area contributed by atoms with Crippen molar-refractivity contribution in [3.05, 3.63) is 518 Å². The maximum Gasteiger partial charge on any atom is 0.143 e. The lowest BCUT2D eigenvalue weighted by molar-refractivity contribution is 0.669. The van der Waals surface area contributed by atoms with Crippen molar-refractivity contribution in [2.75, 3.05) is 0 Å². The summed E-state index contributed by atoms with van der Waals surface area (Å²) >= 11 is 9.55. The van der Waals surface area contributed by atoms with Crippen LogP contribution in [0.15, 0.2) is 482 Å². The van der Waals surface area contributed by atoms with E-state index in [1.807, 2.05) is 80.9 Å². The molecular formula is C143H90O2S5. The molecule has 0 spiro atoms. The summed E-state index contributed by atoms with van der Waals surface area (Å²) in [6.07, 6.45) is 3.98. The molecule has 0 aliphatic heterocycles. The second-order valence-corrected chi connectivity index (χ2v) is 45.2. The van der Waals surface area contributed by atoms with Crippen molar-refractivity contribution in [3.8, 4) is 134 Å². The third-order valence-corrected chi connectivity index (χ3v) is 37.8. The first-order chi connectivity index (χ1) is 73.8. The van der Waals surface area contributed by atoms with E-state index >= 15 is 0 Å². The van der Waals surface area contributed by atoms with Gasteiger partial charge in [-0.2, -0.15) is 0 Å². The van der Waals surface area contributed by atoms with Crippen molar-refractivity contribution in [1.82, 2.24) is 0 Å². The van der Waals surface area contributed by atoms with Gasteiger partial charge in [0.05, 0.1) is 0 Å². The highest BCUT2D eigenvalue weighted by molar-refractivity contribution is 7.28. The average Bonchev–Trinajstić information content (AvgIpc) is 1.60. The number of para-hydroxylation sites is 4. The lowest BCUT2D eigenvalue weighted by Gasteiger charge is -2.10. The molecule has 150 heavy (non-hydrogen) atoms. The minimum absolute atomic E-state index is 0. The summed E-state index contributed by atoms with van der Waals surface area (Å²) in [6, 6.07) is 174. The zero-order valence-electron chi connectivity index (χ0n) is 80.7. The van der Waals surface area contributed by atoms with Gasteiger partial charge in [-0.1, -0.05) is 414 Å². The molecule has 4 aliphatic carbocycles. The predicted octanol–water partition coefficient (Wildman–Crippen LogP) is 42.6. The SMILES string of the molecule is C.c1ccc(-c2cccc3c2sc2c(-c4ccc5c(c4)-c4ccccc4C5)cccc23)cc1.c1ccc2c(c1)oc1c(-c3ccc4c(c3)-c3cc(-c5cccc6c5oc5ccccc56)ccc3C4)cccc12.c1ccc2c(c1)sc1c(-c3ccc4c(c3)-c3cc(-c5cccc6c5sc5ccccc56)ccc3C4)cccc12.c1ccc2c(c1)sc1c(-c3ccc4c(c3)Cc3cc(-c5cccc6c5sc5ccccc56)ccc3-4)cccc12. The molecule has 0 N–H and O–H groups in total. The standard InChI is InChI=1S/C37H22O2.2C37H22S2.C31H20S.CH4/c1-3-13-34-28(7-1)30-11-5-9-26(36(30)38-34)24-17-15-22-19-23-16-18-25(21-33(23)32(22)20-24)27-10-6-12-31-29-8-2-4-14-35(29)39-37(27)31;1-3-13-34-30(7-1)32-11-5-9-28(36(32)38-34)22-15-17-26-24(19-22)21-25-20-23(16-18-27(25)26)29-10-6-12-33-31-8-2-4-14-35(31)39-37(29)33;1-3-13-34-28(7-1)30-11-5-9-26(36(30)38-34)24-17-15-22-19-23-16-18-25(21-33(23)32(22)20-24)27-10-6-12-31-29-8-2-4-14-35(29)39-37(27)31;1-2-8-20(9-3-1)25-12-6-14-27-28-15-7-13-26(31(28)32-30(25)27)23-17-16-22-18-21-10-4-5-11-24(21)29(22)19-23;/h1-18,20-21H,19H2;1-20H,21H2;1-18,20-21H,19H2;1-17,19H,18H2;1H4. The van der Waals surface area contributed by atoms with E-state index < -0.39 is 0 Å². The molecule has 30 aromatic rings. The first-order valence-electron chi connectivity index (χ1n) is 51.3. The molecule has 7 heteroatoms. The Morgan fingerprint density at radius 1 is 0.133 bits per heavy atom. The van der Waals surface area contributed by atoms with Crippen molar-refractivity contribution in [3.63, 3.8) is 0 Å². The smallest absolute Gasteiger partial charge is 0.143 e. The fourth-order valence-corrected chi connectivity index (χ4v) is 30.9. The van der Waals surface area contributed by atoms with Gasteiger partial charge >= 0.3 is 0 Å². The number of hydrogen-bond acceptors (Lipinski definition) is 7. The third kappa shape index (κ3) is 14.4. The summed E-state index contributed by atoms with van der Waals surface area (Å²) in [7, 11) is 0. The highest BCUT2D eigenvalue weighted by Crippen LogP contribution is 2.54. The van der Waals surface area contributed by atoms with Gasteiger partial charge in [0.1, 0.15) is 22.3 Å². The van der Waals surface area contributed by atoms with Gasteiger partial charge in [-0.3, -0.25) is 0 Å². The van der Waals surface area contributed by atoms with E-state index in [1.165, 1.54) is 268 Å². The molecule has 0 saturated carbocycles. The van der Waals surface area contributed by atoms with Crippen LogP contribution in [0.1, 0.15) is 51.9 Å². The molecule has 0 radical (unpaired) electrons. The van der Waals surface area contributed by atoms with Crippen molar-refractivity contribution in [2.24, 2.45) is 0 Å². The number of thiophene rings is 5. The zero-order chi connectivity index (χ0) is 97.6. The van der Waals surface area contributed by atoms with E-state index in [-0.39, 0.29) is 7.43 Å².